The number of halogens is 1. The Morgan fingerprint density at radius 1 is 0.964 bits per heavy atom. The third-order valence-corrected chi connectivity index (χ3v) is 7.71. The Kier molecular flexibility index (Phi) is 5.27. The summed E-state index contributed by atoms with van der Waals surface area (Å²) in [5.41, 5.74) is 3.87. The lowest BCUT2D eigenvalue weighted by Crippen LogP contribution is -2.33. The molecule has 0 saturated heterocycles. The molecule has 28 heavy (non-hydrogen) atoms. The van der Waals surface area contributed by atoms with Crippen molar-refractivity contribution in [3.63, 3.8) is 0 Å². The van der Waals surface area contributed by atoms with Gasteiger partial charge in [0, 0.05) is 15.2 Å². The summed E-state index contributed by atoms with van der Waals surface area (Å²) in [6.07, 6.45) is 9.88. The Morgan fingerprint density at radius 2 is 1.82 bits per heavy atom. The average Bonchev–Trinajstić information content (AvgIpc) is 2.74. The molecule has 1 fully saturated rings. The number of ether oxygens (including phenoxy) is 1. The minimum absolute atomic E-state index is 0.139. The van der Waals surface area contributed by atoms with Crippen LogP contribution in [0.4, 0.5) is 0 Å². The van der Waals surface area contributed by atoms with E-state index in [1.165, 1.54) is 49.7 Å². The maximum Gasteiger partial charge on any atom is 0.139 e. The molecule has 2 aliphatic carbocycles. The third-order valence-electron chi connectivity index (χ3n) is 6.58. The summed E-state index contributed by atoms with van der Waals surface area (Å²) in [6.45, 7) is 0. The van der Waals surface area contributed by atoms with Gasteiger partial charge in [-0.15, -0.1) is 0 Å². The zero-order chi connectivity index (χ0) is 18.9. The number of aromatic nitrogens is 1. The molecule has 0 aliphatic heterocycles. The summed E-state index contributed by atoms with van der Waals surface area (Å²) < 4.78 is 7.54. The van der Waals surface area contributed by atoms with E-state index >= 15 is 0 Å². The van der Waals surface area contributed by atoms with Crippen LogP contribution in [0.15, 0.2) is 60.8 Å². The zero-order valence-corrected chi connectivity index (χ0v) is 18.2. The molecule has 2 aromatic carbocycles. The van der Waals surface area contributed by atoms with Crippen molar-refractivity contribution in [2.24, 2.45) is 11.8 Å². The maximum absolute atomic E-state index is 6.73. The molecule has 1 aromatic heterocycles. The van der Waals surface area contributed by atoms with E-state index in [1.807, 2.05) is 12.3 Å². The van der Waals surface area contributed by atoms with E-state index in [0.717, 1.165) is 26.5 Å². The van der Waals surface area contributed by atoms with Crippen LogP contribution in [0.25, 0.3) is 10.9 Å². The van der Waals surface area contributed by atoms with Gasteiger partial charge in [0.1, 0.15) is 11.9 Å². The molecule has 3 heteroatoms. The average molecular weight is 483 g/mol. The second kappa shape index (κ2) is 8.02. The largest absolute Gasteiger partial charge is 0.484 e. The number of benzene rings is 2. The number of pyridine rings is 1. The lowest BCUT2D eigenvalue weighted by atomic mass is 9.70. The smallest absolute Gasteiger partial charge is 0.139 e. The van der Waals surface area contributed by atoms with Crippen molar-refractivity contribution < 1.29 is 4.74 Å². The van der Waals surface area contributed by atoms with Gasteiger partial charge in [0.2, 0.25) is 0 Å². The number of rotatable bonds is 3. The number of alkyl halides is 1. The molecule has 2 aliphatic rings. The molecular weight excluding hydrogens is 457 g/mol. The van der Waals surface area contributed by atoms with Crippen LogP contribution in [0.1, 0.15) is 49.3 Å². The van der Waals surface area contributed by atoms with Gasteiger partial charge in [0.15, 0.2) is 0 Å². The van der Waals surface area contributed by atoms with Crippen molar-refractivity contribution in [3.05, 3.63) is 71.9 Å². The molecule has 4 atom stereocenters. The number of hydrogen-bond donors (Lipinski definition) is 0. The molecule has 144 valence electrons. The number of aryl methyl sites for hydroxylation is 1. The van der Waals surface area contributed by atoms with Crippen molar-refractivity contribution in [1.29, 1.82) is 0 Å². The van der Waals surface area contributed by atoms with Gasteiger partial charge in [-0.1, -0.05) is 71.5 Å². The maximum atomic E-state index is 6.73. The normalized spacial score (nSPS) is 27.3. The molecule has 1 saturated carbocycles. The van der Waals surface area contributed by atoms with Gasteiger partial charge in [0.05, 0.1) is 11.7 Å². The Labute approximate surface area is 180 Å². The molecular formula is C25H26INO. The van der Waals surface area contributed by atoms with Crippen molar-refractivity contribution in [2.45, 2.75) is 48.6 Å². The molecule has 0 amide bonds. The fourth-order valence-electron chi connectivity index (χ4n) is 5.19. The Hall–Kier alpha value is -1.62. The summed E-state index contributed by atoms with van der Waals surface area (Å²) in [5, 5.41) is 1.14. The van der Waals surface area contributed by atoms with Crippen LogP contribution in [0, 0.1) is 11.8 Å². The van der Waals surface area contributed by atoms with Crippen LogP contribution in [-0.2, 0) is 6.42 Å². The Balaban J connectivity index is 1.49. The molecule has 0 radical (unpaired) electrons. The van der Waals surface area contributed by atoms with Crippen molar-refractivity contribution in [1.82, 2.24) is 4.98 Å². The molecule has 3 aromatic rings. The SMILES string of the molecule is I[C@@H]1CCCC([C@H]2CCc3ccccc3[C@@H]2Oc2cnc3ccccc3c2)C1. The molecule has 2 nitrogen and oxygen atoms in total. The predicted octanol–water partition coefficient (Wildman–Crippen LogP) is 6.91. The molecule has 0 bridgehead atoms. The minimum atomic E-state index is 0.139. The van der Waals surface area contributed by atoms with Crippen molar-refractivity contribution >= 4 is 33.5 Å². The number of nitrogens with zero attached hydrogens (tertiary/aromatic N) is 1. The van der Waals surface area contributed by atoms with Crippen LogP contribution in [0.5, 0.6) is 5.75 Å². The van der Waals surface area contributed by atoms with E-state index in [-0.39, 0.29) is 6.10 Å². The predicted molar refractivity (Wildman–Crippen MR) is 123 cm³/mol. The van der Waals surface area contributed by atoms with Crippen molar-refractivity contribution in [2.75, 3.05) is 0 Å². The lowest BCUT2D eigenvalue weighted by Gasteiger charge is -2.41. The zero-order valence-electron chi connectivity index (χ0n) is 16.1. The standard InChI is InChI=1S/C25H26INO/c26-20-9-5-8-18(14-20)23-13-12-17-6-1-3-10-22(17)25(23)28-21-15-19-7-2-4-11-24(19)27-16-21/h1-4,6-7,10-11,15-16,18,20,23,25H,5,8-9,12-14H2/t18?,20-,23-,25+/m1/s1. The second-order valence-corrected chi connectivity index (χ2v) is 10.1. The van der Waals surface area contributed by atoms with E-state index in [0.29, 0.717) is 5.92 Å². The monoisotopic (exact) mass is 483 g/mol. The topological polar surface area (TPSA) is 22.1 Å². The Morgan fingerprint density at radius 3 is 2.75 bits per heavy atom. The van der Waals surface area contributed by atoms with E-state index in [4.69, 9.17) is 4.74 Å². The summed E-state index contributed by atoms with van der Waals surface area (Å²) in [4.78, 5) is 4.63. The van der Waals surface area contributed by atoms with Gasteiger partial charge in [-0.2, -0.15) is 0 Å². The van der Waals surface area contributed by atoms with Gasteiger partial charge < -0.3 is 4.74 Å². The first-order valence-corrected chi connectivity index (χ1v) is 11.8. The van der Waals surface area contributed by atoms with E-state index in [2.05, 4.69) is 76.1 Å². The first-order chi connectivity index (χ1) is 13.8. The molecule has 0 N–H and O–H groups in total. The highest BCUT2D eigenvalue weighted by Gasteiger charge is 2.38. The van der Waals surface area contributed by atoms with Crippen LogP contribution in [0.2, 0.25) is 0 Å². The summed E-state index contributed by atoms with van der Waals surface area (Å²) in [6, 6.07) is 19.3. The van der Waals surface area contributed by atoms with Crippen LogP contribution < -0.4 is 4.74 Å². The first-order valence-electron chi connectivity index (χ1n) is 10.5. The highest BCUT2D eigenvalue weighted by Crippen LogP contribution is 2.46. The summed E-state index contributed by atoms with van der Waals surface area (Å²) in [7, 11) is 0. The summed E-state index contributed by atoms with van der Waals surface area (Å²) in [5.74, 6) is 2.26. The number of para-hydroxylation sites is 1. The lowest BCUT2D eigenvalue weighted by molar-refractivity contribution is 0.0651. The van der Waals surface area contributed by atoms with E-state index in [1.54, 1.807) is 0 Å². The quantitative estimate of drug-likeness (QED) is 0.298. The highest BCUT2D eigenvalue weighted by atomic mass is 127. The van der Waals surface area contributed by atoms with Gasteiger partial charge in [-0.05, 0) is 61.3 Å². The van der Waals surface area contributed by atoms with E-state index in [9.17, 15) is 0 Å². The third kappa shape index (κ3) is 3.66. The number of hydrogen-bond acceptors (Lipinski definition) is 2. The van der Waals surface area contributed by atoms with Crippen LogP contribution in [0.3, 0.4) is 0 Å². The van der Waals surface area contributed by atoms with Crippen molar-refractivity contribution in [3.8, 4) is 5.75 Å². The van der Waals surface area contributed by atoms with Gasteiger partial charge >= 0.3 is 0 Å². The van der Waals surface area contributed by atoms with Gasteiger partial charge in [-0.25, -0.2) is 0 Å². The Bertz CT molecular complexity index is 971. The van der Waals surface area contributed by atoms with E-state index < -0.39 is 0 Å². The molecule has 1 heterocycles. The second-order valence-electron chi connectivity index (χ2n) is 8.33. The van der Waals surface area contributed by atoms with Gasteiger partial charge in [0.25, 0.3) is 0 Å². The summed E-state index contributed by atoms with van der Waals surface area (Å²) >= 11 is 2.66. The van der Waals surface area contributed by atoms with Gasteiger partial charge in [-0.3, -0.25) is 4.98 Å². The minimum Gasteiger partial charge on any atom is -0.484 e. The fraction of sp³-hybridized carbons (Fsp3) is 0.400. The van der Waals surface area contributed by atoms with Crippen LogP contribution in [-0.4, -0.2) is 8.91 Å². The number of fused-ring (bicyclic) bond motifs is 2. The molecule has 0 spiro atoms. The fourth-order valence-corrected chi connectivity index (χ4v) is 6.29. The first kappa shape index (κ1) is 18.4. The van der Waals surface area contributed by atoms with Crippen LogP contribution >= 0.6 is 22.6 Å². The highest BCUT2D eigenvalue weighted by molar-refractivity contribution is 14.1. The molecule has 1 unspecified atom stereocenters. The molecule has 5 rings (SSSR count).